The standard InChI is InChI=1S/C20H18N4O3S/c1-10(13-7-17(25)21-8-13)27-16-5-12(4-15-19(16)28-9-22-15)14-3-2-11-6-18(26)24-20(11)23-14/h2-5,9-10,13H,6-8H2,1H3,(H,21,25)(H,23,24,26)/t10-,13-/m1/s1. The van der Waals surface area contributed by atoms with E-state index >= 15 is 0 Å². The van der Waals surface area contributed by atoms with E-state index < -0.39 is 0 Å². The zero-order valence-electron chi connectivity index (χ0n) is 15.2. The lowest BCUT2D eigenvalue weighted by molar-refractivity contribution is -0.119. The SMILES string of the molecule is C[C@@H](Oc1cc(-c2ccc3c(n2)NC(=O)C3)cc2ncsc12)[C@H]1CNC(=O)C1. The molecule has 2 amide bonds. The van der Waals surface area contributed by atoms with E-state index in [1.807, 2.05) is 31.2 Å². The van der Waals surface area contributed by atoms with Crippen molar-refractivity contribution in [1.29, 1.82) is 0 Å². The molecule has 0 saturated carbocycles. The van der Waals surface area contributed by atoms with Gasteiger partial charge in [-0.3, -0.25) is 9.59 Å². The minimum Gasteiger partial charge on any atom is -0.489 e. The third-order valence-corrected chi connectivity index (χ3v) is 6.12. The lowest BCUT2D eigenvalue weighted by Gasteiger charge is -2.20. The summed E-state index contributed by atoms with van der Waals surface area (Å²) in [6.07, 6.45) is 0.749. The van der Waals surface area contributed by atoms with Crippen LogP contribution in [0.5, 0.6) is 5.75 Å². The summed E-state index contributed by atoms with van der Waals surface area (Å²) in [5.74, 6) is 1.54. The number of carbonyl (C=O) groups is 2. The van der Waals surface area contributed by atoms with Crippen molar-refractivity contribution in [2.24, 2.45) is 5.92 Å². The Hall–Kier alpha value is -3.00. The summed E-state index contributed by atoms with van der Waals surface area (Å²) in [7, 11) is 0. The largest absolute Gasteiger partial charge is 0.489 e. The number of aromatic nitrogens is 2. The smallest absolute Gasteiger partial charge is 0.230 e. The molecule has 8 heteroatoms. The van der Waals surface area contributed by atoms with Crippen LogP contribution < -0.4 is 15.4 Å². The molecule has 0 radical (unpaired) electrons. The molecule has 0 aliphatic carbocycles. The van der Waals surface area contributed by atoms with E-state index in [2.05, 4.69) is 20.6 Å². The van der Waals surface area contributed by atoms with Crippen molar-refractivity contribution in [2.75, 3.05) is 11.9 Å². The van der Waals surface area contributed by atoms with Gasteiger partial charge in [0.1, 0.15) is 17.7 Å². The Morgan fingerprint density at radius 1 is 1.25 bits per heavy atom. The number of pyridine rings is 1. The average molecular weight is 394 g/mol. The Bertz CT molecular complexity index is 1110. The van der Waals surface area contributed by atoms with Crippen LogP contribution in [0.2, 0.25) is 0 Å². The maximum atomic E-state index is 11.6. The van der Waals surface area contributed by atoms with Gasteiger partial charge in [-0.15, -0.1) is 11.3 Å². The number of ether oxygens (including phenoxy) is 1. The molecule has 2 aromatic heterocycles. The summed E-state index contributed by atoms with van der Waals surface area (Å²) in [6, 6.07) is 7.79. The van der Waals surface area contributed by atoms with E-state index in [-0.39, 0.29) is 23.8 Å². The van der Waals surface area contributed by atoms with Gasteiger partial charge in [-0.05, 0) is 25.1 Å². The number of hydrogen-bond donors (Lipinski definition) is 2. The second-order valence-electron chi connectivity index (χ2n) is 7.20. The van der Waals surface area contributed by atoms with Crippen molar-refractivity contribution < 1.29 is 14.3 Å². The molecule has 2 aliphatic rings. The van der Waals surface area contributed by atoms with E-state index in [1.54, 1.807) is 5.51 Å². The quantitative estimate of drug-likeness (QED) is 0.710. The Morgan fingerprint density at radius 2 is 2.14 bits per heavy atom. The molecular weight excluding hydrogens is 376 g/mol. The summed E-state index contributed by atoms with van der Waals surface area (Å²) in [4.78, 5) is 32.2. The van der Waals surface area contributed by atoms with Crippen LogP contribution in [0.25, 0.3) is 21.5 Å². The molecular formula is C20H18N4O3S. The molecule has 3 aromatic rings. The number of hydrogen-bond acceptors (Lipinski definition) is 6. The van der Waals surface area contributed by atoms with Crippen molar-refractivity contribution in [1.82, 2.24) is 15.3 Å². The van der Waals surface area contributed by atoms with Gasteiger partial charge in [0.15, 0.2) is 0 Å². The van der Waals surface area contributed by atoms with Crippen LogP contribution >= 0.6 is 11.3 Å². The second kappa shape index (κ2) is 6.56. The molecule has 7 nitrogen and oxygen atoms in total. The number of nitrogens with zero attached hydrogens (tertiary/aromatic N) is 2. The van der Waals surface area contributed by atoms with E-state index in [9.17, 15) is 9.59 Å². The molecule has 0 spiro atoms. The topological polar surface area (TPSA) is 93.2 Å². The first-order valence-electron chi connectivity index (χ1n) is 9.17. The Labute approximate surface area is 165 Å². The number of nitrogens with one attached hydrogen (secondary N) is 2. The van der Waals surface area contributed by atoms with Crippen LogP contribution in [-0.2, 0) is 16.0 Å². The molecule has 28 heavy (non-hydrogen) atoms. The van der Waals surface area contributed by atoms with Gasteiger partial charge < -0.3 is 15.4 Å². The van der Waals surface area contributed by atoms with Gasteiger partial charge in [0.25, 0.3) is 0 Å². The summed E-state index contributed by atoms with van der Waals surface area (Å²) < 4.78 is 7.25. The van der Waals surface area contributed by atoms with Gasteiger partial charge in [0, 0.05) is 30.0 Å². The minimum atomic E-state index is -0.105. The highest BCUT2D eigenvalue weighted by Crippen LogP contribution is 2.36. The molecule has 142 valence electrons. The Balaban J connectivity index is 1.50. The number of carbonyl (C=O) groups excluding carboxylic acids is 2. The molecule has 1 aromatic carbocycles. The van der Waals surface area contributed by atoms with Gasteiger partial charge in [-0.2, -0.15) is 0 Å². The Kier molecular flexibility index (Phi) is 4.01. The van der Waals surface area contributed by atoms with Gasteiger partial charge in [0.2, 0.25) is 11.8 Å². The van der Waals surface area contributed by atoms with Crippen LogP contribution in [0.3, 0.4) is 0 Å². The van der Waals surface area contributed by atoms with Crippen molar-refractivity contribution >= 4 is 39.2 Å². The highest BCUT2D eigenvalue weighted by atomic mass is 32.1. The first kappa shape index (κ1) is 17.1. The van der Waals surface area contributed by atoms with Gasteiger partial charge in [0.05, 0.1) is 27.8 Å². The highest BCUT2D eigenvalue weighted by Gasteiger charge is 2.28. The highest BCUT2D eigenvalue weighted by molar-refractivity contribution is 7.17. The number of thiazole rings is 1. The number of amides is 2. The average Bonchev–Trinajstić information content (AvgIpc) is 3.39. The number of rotatable bonds is 4. The molecule has 1 saturated heterocycles. The Morgan fingerprint density at radius 3 is 2.96 bits per heavy atom. The zero-order valence-corrected chi connectivity index (χ0v) is 16.0. The van der Waals surface area contributed by atoms with Crippen LogP contribution in [0.15, 0.2) is 29.8 Å². The van der Waals surface area contributed by atoms with Crippen LogP contribution in [0, 0.1) is 5.92 Å². The fourth-order valence-corrected chi connectivity index (χ4v) is 4.41. The number of fused-ring (bicyclic) bond motifs is 2. The lowest BCUT2D eigenvalue weighted by Crippen LogP contribution is -2.25. The normalized spacial score (nSPS) is 19.4. The summed E-state index contributed by atoms with van der Waals surface area (Å²) in [5, 5.41) is 5.65. The zero-order chi connectivity index (χ0) is 19.3. The second-order valence-corrected chi connectivity index (χ2v) is 8.05. The van der Waals surface area contributed by atoms with E-state index in [0.29, 0.717) is 25.2 Å². The molecule has 4 heterocycles. The summed E-state index contributed by atoms with van der Waals surface area (Å²) in [6.45, 7) is 2.63. The third-order valence-electron chi connectivity index (χ3n) is 5.27. The van der Waals surface area contributed by atoms with Gasteiger partial charge in [-0.25, -0.2) is 9.97 Å². The maximum Gasteiger partial charge on any atom is 0.230 e. The molecule has 1 fully saturated rings. The summed E-state index contributed by atoms with van der Waals surface area (Å²) >= 11 is 1.53. The predicted molar refractivity (Wildman–Crippen MR) is 106 cm³/mol. The number of anilines is 1. The maximum absolute atomic E-state index is 11.6. The molecule has 0 bridgehead atoms. The number of benzene rings is 1. The van der Waals surface area contributed by atoms with E-state index in [4.69, 9.17) is 4.74 Å². The first-order valence-corrected chi connectivity index (χ1v) is 10.1. The molecule has 2 aliphatic heterocycles. The van der Waals surface area contributed by atoms with Crippen molar-refractivity contribution in [3.63, 3.8) is 0 Å². The van der Waals surface area contributed by atoms with Gasteiger partial charge in [-0.1, -0.05) is 6.07 Å². The van der Waals surface area contributed by atoms with Gasteiger partial charge >= 0.3 is 0 Å². The fraction of sp³-hybridized carbons (Fsp3) is 0.300. The molecule has 2 N–H and O–H groups in total. The van der Waals surface area contributed by atoms with E-state index in [0.717, 1.165) is 32.8 Å². The van der Waals surface area contributed by atoms with Crippen molar-refractivity contribution in [3.05, 3.63) is 35.3 Å². The van der Waals surface area contributed by atoms with Crippen LogP contribution in [0.4, 0.5) is 5.82 Å². The monoisotopic (exact) mass is 394 g/mol. The third kappa shape index (κ3) is 2.99. The van der Waals surface area contributed by atoms with Crippen LogP contribution in [-0.4, -0.2) is 34.4 Å². The first-order chi connectivity index (χ1) is 13.6. The van der Waals surface area contributed by atoms with Crippen molar-refractivity contribution in [2.45, 2.75) is 25.9 Å². The van der Waals surface area contributed by atoms with E-state index in [1.165, 1.54) is 11.3 Å². The minimum absolute atomic E-state index is 0.0350. The predicted octanol–water partition coefficient (Wildman–Crippen LogP) is 2.76. The summed E-state index contributed by atoms with van der Waals surface area (Å²) in [5.41, 5.74) is 5.18. The molecule has 5 rings (SSSR count). The van der Waals surface area contributed by atoms with Crippen molar-refractivity contribution in [3.8, 4) is 17.0 Å². The molecule has 0 unspecified atom stereocenters. The fourth-order valence-electron chi connectivity index (χ4n) is 3.68. The van der Waals surface area contributed by atoms with Crippen LogP contribution in [0.1, 0.15) is 18.9 Å². The lowest BCUT2D eigenvalue weighted by atomic mass is 10.0. The molecule has 2 atom stereocenters.